The van der Waals surface area contributed by atoms with Crippen molar-refractivity contribution < 1.29 is 19.1 Å². The number of carbonyl (C=O) groups is 2. The van der Waals surface area contributed by atoms with Gasteiger partial charge in [0.15, 0.2) is 0 Å². The fourth-order valence-electron chi connectivity index (χ4n) is 1.67. The molecular weight excluding hydrogens is 282 g/mol. The molecule has 0 aliphatic carbocycles. The minimum atomic E-state index is -0.541. The quantitative estimate of drug-likeness (QED) is 0.860. The molecule has 1 aromatic rings. The molecule has 0 aliphatic rings. The molecule has 0 radical (unpaired) electrons. The number of hydrogen-bond donors (Lipinski definition) is 1. The second-order valence-electron chi connectivity index (χ2n) is 7.09. The zero-order chi connectivity index (χ0) is 17.0. The maximum Gasteiger partial charge on any atom is 0.412 e. The molecule has 0 bridgehead atoms. The first-order valence-electron chi connectivity index (χ1n) is 7.25. The zero-order valence-corrected chi connectivity index (χ0v) is 14.1. The van der Waals surface area contributed by atoms with Crippen molar-refractivity contribution in [3.63, 3.8) is 0 Å². The molecule has 0 fully saturated rings. The maximum absolute atomic E-state index is 11.7. The molecule has 1 aromatic carbocycles. The fraction of sp³-hybridized carbons (Fsp3) is 0.529. The van der Waals surface area contributed by atoms with Gasteiger partial charge >= 0.3 is 12.1 Å². The second-order valence-corrected chi connectivity index (χ2v) is 7.09. The van der Waals surface area contributed by atoms with E-state index in [0.29, 0.717) is 5.69 Å². The third-order valence-electron chi connectivity index (χ3n) is 2.37. The van der Waals surface area contributed by atoms with Gasteiger partial charge in [-0.25, -0.2) is 4.79 Å². The Kier molecular flexibility index (Phi) is 5.58. The summed E-state index contributed by atoms with van der Waals surface area (Å²) in [6.07, 6.45) is -0.309. The molecular formula is C17H25NO4. The molecule has 0 atom stereocenters. The van der Waals surface area contributed by atoms with Crippen LogP contribution in [0.2, 0.25) is 0 Å². The van der Waals surface area contributed by atoms with Gasteiger partial charge in [-0.1, -0.05) is 12.1 Å². The van der Waals surface area contributed by atoms with E-state index in [1.165, 1.54) is 0 Å². The van der Waals surface area contributed by atoms with E-state index in [0.717, 1.165) is 5.56 Å². The van der Waals surface area contributed by atoms with Gasteiger partial charge in [-0.2, -0.15) is 0 Å². The Morgan fingerprint density at radius 3 is 1.86 bits per heavy atom. The molecule has 1 N–H and O–H groups in total. The number of amides is 1. The first-order chi connectivity index (χ1) is 9.94. The standard InChI is InChI=1S/C17H25NO4/c1-16(2,3)21-14(19)11-12-7-9-13(10-8-12)18-15(20)22-17(4,5)6/h7-10H,11H2,1-6H3,(H,18,20). The lowest BCUT2D eigenvalue weighted by atomic mass is 10.1. The predicted molar refractivity (Wildman–Crippen MR) is 85.8 cm³/mol. The van der Waals surface area contributed by atoms with Crippen LogP contribution in [0.15, 0.2) is 24.3 Å². The van der Waals surface area contributed by atoms with E-state index >= 15 is 0 Å². The predicted octanol–water partition coefficient (Wildman–Crippen LogP) is 3.92. The van der Waals surface area contributed by atoms with Crippen LogP contribution in [0.4, 0.5) is 10.5 Å². The monoisotopic (exact) mass is 307 g/mol. The Balaban J connectivity index is 2.56. The van der Waals surface area contributed by atoms with Crippen LogP contribution in [0.3, 0.4) is 0 Å². The highest BCUT2D eigenvalue weighted by molar-refractivity contribution is 5.85. The van der Waals surface area contributed by atoms with Gasteiger partial charge in [-0.05, 0) is 59.2 Å². The molecule has 0 aromatic heterocycles. The SMILES string of the molecule is CC(C)(C)OC(=O)Cc1ccc(NC(=O)OC(C)(C)C)cc1. The number of ether oxygens (including phenoxy) is 2. The van der Waals surface area contributed by atoms with Gasteiger partial charge < -0.3 is 9.47 Å². The van der Waals surface area contributed by atoms with Crippen LogP contribution >= 0.6 is 0 Å². The average molecular weight is 307 g/mol. The Morgan fingerprint density at radius 1 is 0.909 bits per heavy atom. The highest BCUT2D eigenvalue weighted by Crippen LogP contribution is 2.15. The van der Waals surface area contributed by atoms with Crippen molar-refractivity contribution in [3.05, 3.63) is 29.8 Å². The van der Waals surface area contributed by atoms with Gasteiger partial charge in [0.25, 0.3) is 0 Å². The summed E-state index contributed by atoms with van der Waals surface area (Å²) in [4.78, 5) is 23.4. The van der Waals surface area contributed by atoms with Crippen molar-refractivity contribution in [2.75, 3.05) is 5.32 Å². The van der Waals surface area contributed by atoms with Crippen LogP contribution in [0, 0.1) is 0 Å². The number of benzene rings is 1. The number of anilines is 1. The molecule has 0 saturated carbocycles. The van der Waals surface area contributed by atoms with Crippen LogP contribution in [0.1, 0.15) is 47.1 Å². The molecule has 0 spiro atoms. The Hall–Kier alpha value is -2.04. The normalized spacial score (nSPS) is 11.7. The molecule has 22 heavy (non-hydrogen) atoms. The lowest BCUT2D eigenvalue weighted by molar-refractivity contribution is -0.153. The van der Waals surface area contributed by atoms with Gasteiger partial charge in [0.05, 0.1) is 6.42 Å². The van der Waals surface area contributed by atoms with Crippen molar-refractivity contribution in [2.45, 2.75) is 59.2 Å². The lowest BCUT2D eigenvalue weighted by Crippen LogP contribution is -2.27. The number of hydrogen-bond acceptors (Lipinski definition) is 4. The molecule has 122 valence electrons. The highest BCUT2D eigenvalue weighted by Gasteiger charge is 2.17. The average Bonchev–Trinajstić information content (AvgIpc) is 2.26. The van der Waals surface area contributed by atoms with E-state index in [2.05, 4.69) is 5.32 Å². The number of carbonyl (C=O) groups excluding carboxylic acids is 2. The molecule has 0 heterocycles. The Morgan fingerprint density at radius 2 is 1.41 bits per heavy atom. The van der Waals surface area contributed by atoms with Crippen molar-refractivity contribution in [1.82, 2.24) is 0 Å². The fourth-order valence-corrected chi connectivity index (χ4v) is 1.67. The topological polar surface area (TPSA) is 64.6 Å². The summed E-state index contributed by atoms with van der Waals surface area (Å²) in [5, 5.41) is 2.64. The summed E-state index contributed by atoms with van der Waals surface area (Å²) in [6.45, 7) is 10.9. The van der Waals surface area contributed by atoms with Crippen LogP contribution in [-0.4, -0.2) is 23.3 Å². The van der Waals surface area contributed by atoms with E-state index in [1.807, 2.05) is 20.8 Å². The Bertz CT molecular complexity index is 472. The number of rotatable bonds is 3. The minimum absolute atomic E-state index is 0.198. The second kappa shape index (κ2) is 6.81. The summed E-state index contributed by atoms with van der Waals surface area (Å²) in [5.74, 6) is -0.277. The molecule has 0 saturated heterocycles. The molecule has 5 nitrogen and oxygen atoms in total. The van der Waals surface area contributed by atoms with Crippen LogP contribution in [0.5, 0.6) is 0 Å². The zero-order valence-electron chi connectivity index (χ0n) is 14.1. The van der Waals surface area contributed by atoms with E-state index in [4.69, 9.17) is 9.47 Å². The van der Waals surface area contributed by atoms with Crippen molar-refractivity contribution in [2.24, 2.45) is 0 Å². The summed E-state index contributed by atoms with van der Waals surface area (Å²) in [5.41, 5.74) is 0.405. The van der Waals surface area contributed by atoms with Crippen LogP contribution in [-0.2, 0) is 20.7 Å². The van der Waals surface area contributed by atoms with Gasteiger partial charge in [0.2, 0.25) is 0 Å². The summed E-state index contributed by atoms with van der Waals surface area (Å²) in [7, 11) is 0. The third-order valence-corrected chi connectivity index (χ3v) is 2.37. The van der Waals surface area contributed by atoms with E-state index in [9.17, 15) is 9.59 Å². The molecule has 1 amide bonds. The van der Waals surface area contributed by atoms with Gasteiger partial charge in [0.1, 0.15) is 11.2 Å². The third kappa shape index (κ3) is 7.67. The molecule has 0 unspecified atom stereocenters. The number of esters is 1. The van der Waals surface area contributed by atoms with E-state index < -0.39 is 17.3 Å². The smallest absolute Gasteiger partial charge is 0.412 e. The summed E-state index contributed by atoms with van der Waals surface area (Å²) < 4.78 is 10.4. The molecule has 1 rings (SSSR count). The van der Waals surface area contributed by atoms with Gasteiger partial charge in [0, 0.05) is 5.69 Å². The van der Waals surface area contributed by atoms with E-state index in [1.54, 1.807) is 45.0 Å². The van der Waals surface area contributed by atoms with E-state index in [-0.39, 0.29) is 12.4 Å². The largest absolute Gasteiger partial charge is 0.460 e. The first kappa shape index (κ1) is 18.0. The van der Waals surface area contributed by atoms with Gasteiger partial charge in [-0.3, -0.25) is 10.1 Å². The van der Waals surface area contributed by atoms with Crippen molar-refractivity contribution in [1.29, 1.82) is 0 Å². The van der Waals surface area contributed by atoms with Crippen molar-refractivity contribution >= 4 is 17.7 Å². The molecule has 0 aliphatic heterocycles. The Labute approximate surface area is 132 Å². The lowest BCUT2D eigenvalue weighted by Gasteiger charge is -2.20. The minimum Gasteiger partial charge on any atom is -0.460 e. The molecule has 5 heteroatoms. The number of nitrogens with one attached hydrogen (secondary N) is 1. The van der Waals surface area contributed by atoms with Crippen LogP contribution in [0.25, 0.3) is 0 Å². The van der Waals surface area contributed by atoms with Crippen molar-refractivity contribution in [3.8, 4) is 0 Å². The first-order valence-corrected chi connectivity index (χ1v) is 7.25. The van der Waals surface area contributed by atoms with Crippen LogP contribution < -0.4 is 5.32 Å². The summed E-state index contributed by atoms with van der Waals surface area (Å²) >= 11 is 0. The maximum atomic E-state index is 11.7. The van der Waals surface area contributed by atoms with Gasteiger partial charge in [-0.15, -0.1) is 0 Å². The highest BCUT2D eigenvalue weighted by atomic mass is 16.6. The summed E-state index contributed by atoms with van der Waals surface area (Å²) in [6, 6.07) is 7.00.